The van der Waals surface area contributed by atoms with Gasteiger partial charge < -0.3 is 10.4 Å². The summed E-state index contributed by atoms with van der Waals surface area (Å²) < 4.78 is 0. The van der Waals surface area contributed by atoms with Crippen LogP contribution in [0.4, 0.5) is 0 Å². The van der Waals surface area contributed by atoms with Gasteiger partial charge in [0.15, 0.2) is 0 Å². The van der Waals surface area contributed by atoms with Crippen molar-refractivity contribution in [1.82, 2.24) is 10.3 Å². The molecule has 4 nitrogen and oxygen atoms in total. The van der Waals surface area contributed by atoms with Crippen LogP contribution in [-0.2, 0) is 0 Å². The van der Waals surface area contributed by atoms with Crippen molar-refractivity contribution < 1.29 is 9.90 Å². The maximum atomic E-state index is 12.0. The SMILES string of the molecule is Cc1nc(-c2cccs2)sc1C(=O)NCC(C)CO. The van der Waals surface area contributed by atoms with E-state index in [0.29, 0.717) is 11.4 Å². The Balaban J connectivity index is 2.10. The van der Waals surface area contributed by atoms with Crippen molar-refractivity contribution in [3.05, 3.63) is 28.1 Å². The van der Waals surface area contributed by atoms with Crippen LogP contribution in [0, 0.1) is 12.8 Å². The van der Waals surface area contributed by atoms with E-state index < -0.39 is 0 Å². The van der Waals surface area contributed by atoms with Crippen LogP contribution in [0.2, 0.25) is 0 Å². The second-order valence-electron chi connectivity index (χ2n) is 4.41. The molecule has 1 amide bonds. The number of hydrogen-bond acceptors (Lipinski definition) is 5. The molecule has 0 saturated heterocycles. The maximum absolute atomic E-state index is 12.0. The van der Waals surface area contributed by atoms with Gasteiger partial charge in [-0.2, -0.15) is 0 Å². The minimum absolute atomic E-state index is 0.0638. The van der Waals surface area contributed by atoms with Crippen molar-refractivity contribution in [3.63, 3.8) is 0 Å². The van der Waals surface area contributed by atoms with E-state index in [0.717, 1.165) is 15.6 Å². The lowest BCUT2D eigenvalue weighted by atomic mass is 10.2. The highest BCUT2D eigenvalue weighted by molar-refractivity contribution is 7.22. The summed E-state index contributed by atoms with van der Waals surface area (Å²) in [7, 11) is 0. The second-order valence-corrected chi connectivity index (χ2v) is 6.36. The molecular weight excluding hydrogens is 280 g/mol. The molecule has 0 fully saturated rings. The molecule has 0 aromatic carbocycles. The van der Waals surface area contributed by atoms with Gasteiger partial charge in [0, 0.05) is 13.2 Å². The molecule has 0 saturated carbocycles. The molecule has 0 aliphatic heterocycles. The van der Waals surface area contributed by atoms with Crippen LogP contribution in [-0.4, -0.2) is 29.1 Å². The molecule has 0 radical (unpaired) electrons. The Morgan fingerprint density at radius 1 is 1.58 bits per heavy atom. The van der Waals surface area contributed by atoms with Crippen LogP contribution >= 0.6 is 22.7 Å². The highest BCUT2D eigenvalue weighted by Crippen LogP contribution is 2.30. The number of carbonyl (C=O) groups excluding carboxylic acids is 1. The number of amides is 1. The van der Waals surface area contributed by atoms with Gasteiger partial charge >= 0.3 is 0 Å². The van der Waals surface area contributed by atoms with Crippen LogP contribution in [0.15, 0.2) is 17.5 Å². The number of rotatable bonds is 5. The number of nitrogens with zero attached hydrogens (tertiary/aromatic N) is 1. The number of hydrogen-bond donors (Lipinski definition) is 2. The Hall–Kier alpha value is -1.24. The van der Waals surface area contributed by atoms with E-state index in [1.807, 2.05) is 31.4 Å². The fourth-order valence-corrected chi connectivity index (χ4v) is 3.30. The summed E-state index contributed by atoms with van der Waals surface area (Å²) in [6, 6.07) is 3.97. The molecule has 0 spiro atoms. The Morgan fingerprint density at radius 3 is 3.00 bits per heavy atom. The summed E-state index contributed by atoms with van der Waals surface area (Å²) in [5.41, 5.74) is 0.752. The van der Waals surface area contributed by atoms with Crippen molar-refractivity contribution in [2.45, 2.75) is 13.8 Å². The summed E-state index contributed by atoms with van der Waals surface area (Å²) >= 11 is 3.02. The number of nitrogens with one attached hydrogen (secondary N) is 1. The minimum atomic E-state index is -0.113. The summed E-state index contributed by atoms with van der Waals surface area (Å²) in [6.45, 7) is 4.28. The highest BCUT2D eigenvalue weighted by atomic mass is 32.1. The zero-order valence-corrected chi connectivity index (χ0v) is 12.5. The molecule has 19 heavy (non-hydrogen) atoms. The lowest BCUT2D eigenvalue weighted by molar-refractivity contribution is 0.0945. The van der Waals surface area contributed by atoms with Crippen LogP contribution in [0.5, 0.6) is 0 Å². The predicted molar refractivity (Wildman–Crippen MR) is 78.7 cm³/mol. The molecule has 1 atom stereocenters. The van der Waals surface area contributed by atoms with Gasteiger partial charge in [-0.1, -0.05) is 13.0 Å². The predicted octanol–water partition coefficient (Wildman–Crippen LogP) is 2.54. The van der Waals surface area contributed by atoms with E-state index in [4.69, 9.17) is 5.11 Å². The molecule has 0 aliphatic rings. The van der Waals surface area contributed by atoms with Crippen LogP contribution in [0.3, 0.4) is 0 Å². The first-order valence-corrected chi connectivity index (χ1v) is 7.71. The number of aliphatic hydroxyl groups excluding tert-OH is 1. The van der Waals surface area contributed by atoms with E-state index in [-0.39, 0.29) is 18.4 Å². The van der Waals surface area contributed by atoms with Gasteiger partial charge in [0.25, 0.3) is 5.91 Å². The van der Waals surface area contributed by atoms with Gasteiger partial charge in [-0.15, -0.1) is 22.7 Å². The van der Waals surface area contributed by atoms with Gasteiger partial charge in [0.1, 0.15) is 9.88 Å². The van der Waals surface area contributed by atoms with Crippen LogP contribution in [0.25, 0.3) is 9.88 Å². The van der Waals surface area contributed by atoms with Crippen molar-refractivity contribution >= 4 is 28.6 Å². The zero-order chi connectivity index (χ0) is 13.8. The third-order valence-electron chi connectivity index (χ3n) is 2.66. The molecular formula is C13H16N2O2S2. The molecule has 2 rings (SSSR count). The lowest BCUT2D eigenvalue weighted by Crippen LogP contribution is -2.29. The van der Waals surface area contributed by atoms with E-state index in [2.05, 4.69) is 10.3 Å². The van der Waals surface area contributed by atoms with Crippen LogP contribution < -0.4 is 5.32 Å². The quantitative estimate of drug-likeness (QED) is 0.891. The van der Waals surface area contributed by atoms with Gasteiger partial charge in [-0.05, 0) is 24.3 Å². The summed E-state index contributed by atoms with van der Waals surface area (Å²) in [5.74, 6) is -0.0490. The molecule has 6 heteroatoms. The summed E-state index contributed by atoms with van der Waals surface area (Å²) in [4.78, 5) is 18.2. The fraction of sp³-hybridized carbons (Fsp3) is 0.385. The van der Waals surface area contributed by atoms with E-state index >= 15 is 0 Å². The molecule has 0 aliphatic carbocycles. The van der Waals surface area contributed by atoms with E-state index in [9.17, 15) is 4.79 Å². The molecule has 1 unspecified atom stereocenters. The monoisotopic (exact) mass is 296 g/mol. The van der Waals surface area contributed by atoms with Crippen LogP contribution in [0.1, 0.15) is 22.3 Å². The Labute approximate surface area is 120 Å². The maximum Gasteiger partial charge on any atom is 0.263 e. The molecule has 2 aromatic heterocycles. The normalized spacial score (nSPS) is 12.4. The highest BCUT2D eigenvalue weighted by Gasteiger charge is 2.16. The van der Waals surface area contributed by atoms with Gasteiger partial charge in [0.2, 0.25) is 0 Å². The Morgan fingerprint density at radius 2 is 2.37 bits per heavy atom. The van der Waals surface area contributed by atoms with Crippen molar-refractivity contribution in [2.24, 2.45) is 5.92 Å². The average Bonchev–Trinajstić information content (AvgIpc) is 3.04. The van der Waals surface area contributed by atoms with E-state index in [1.54, 1.807) is 11.3 Å². The number of thiazole rings is 1. The second kappa shape index (κ2) is 6.27. The number of aryl methyl sites for hydroxylation is 1. The number of aromatic nitrogens is 1. The lowest BCUT2D eigenvalue weighted by Gasteiger charge is -2.08. The summed E-state index contributed by atoms with van der Waals surface area (Å²) in [5, 5.41) is 14.6. The Kier molecular flexibility index (Phi) is 4.68. The number of carbonyl (C=O) groups is 1. The van der Waals surface area contributed by atoms with Gasteiger partial charge in [0.05, 0.1) is 10.6 Å². The minimum Gasteiger partial charge on any atom is -0.396 e. The third kappa shape index (κ3) is 3.40. The van der Waals surface area contributed by atoms with Crippen molar-refractivity contribution in [2.75, 3.05) is 13.2 Å². The van der Waals surface area contributed by atoms with Gasteiger partial charge in [-0.25, -0.2) is 4.98 Å². The standard InChI is InChI=1S/C13H16N2O2S2/c1-8(7-16)6-14-12(17)11-9(2)15-13(19-11)10-4-3-5-18-10/h3-5,8,16H,6-7H2,1-2H3,(H,14,17). The zero-order valence-electron chi connectivity index (χ0n) is 10.8. The first kappa shape index (κ1) is 14.2. The largest absolute Gasteiger partial charge is 0.396 e. The average molecular weight is 296 g/mol. The number of aliphatic hydroxyl groups is 1. The molecule has 2 aromatic rings. The topological polar surface area (TPSA) is 62.2 Å². The molecule has 0 bridgehead atoms. The molecule has 2 heterocycles. The van der Waals surface area contributed by atoms with Crippen molar-refractivity contribution in [3.8, 4) is 9.88 Å². The summed E-state index contributed by atoms with van der Waals surface area (Å²) in [6.07, 6.45) is 0. The van der Waals surface area contributed by atoms with Crippen molar-refractivity contribution in [1.29, 1.82) is 0 Å². The first-order valence-electron chi connectivity index (χ1n) is 6.02. The number of thiophene rings is 1. The first-order chi connectivity index (χ1) is 9.11. The smallest absolute Gasteiger partial charge is 0.263 e. The Bertz CT molecular complexity index is 549. The molecule has 2 N–H and O–H groups in total. The third-order valence-corrected chi connectivity index (χ3v) is 4.85. The fourth-order valence-electron chi connectivity index (χ4n) is 1.52. The van der Waals surface area contributed by atoms with Gasteiger partial charge in [-0.3, -0.25) is 4.79 Å². The molecule has 102 valence electrons. The van der Waals surface area contributed by atoms with E-state index in [1.165, 1.54) is 11.3 Å².